The lowest BCUT2D eigenvalue weighted by Gasteiger charge is -2.20. The number of rotatable bonds is 6. The minimum Gasteiger partial charge on any atom is -0.497 e. The largest absolute Gasteiger partial charge is 0.497 e. The van der Waals surface area contributed by atoms with E-state index in [0.29, 0.717) is 34.5 Å². The maximum atomic E-state index is 14.6. The Morgan fingerprint density at radius 2 is 1.89 bits per heavy atom. The highest BCUT2D eigenvalue weighted by molar-refractivity contribution is 9.10. The molecule has 1 N–H and O–H groups in total. The maximum absolute atomic E-state index is 14.6. The molecule has 0 aliphatic heterocycles. The molecule has 0 atom stereocenters. The third kappa shape index (κ3) is 4.14. The second kappa shape index (κ2) is 8.10. The molecule has 0 aliphatic carbocycles. The van der Waals surface area contributed by atoms with Crippen molar-refractivity contribution in [2.45, 2.75) is 13.1 Å². The summed E-state index contributed by atoms with van der Waals surface area (Å²) in [6.45, 7) is 0.798. The molecule has 0 amide bonds. The minimum absolute atomic E-state index is 0.276. The van der Waals surface area contributed by atoms with Crippen LogP contribution in [0, 0.1) is 5.82 Å². The first-order valence-corrected chi connectivity index (χ1v) is 9.11. The monoisotopic (exact) mass is 434 g/mol. The molecule has 0 unspecified atom stereocenters. The first kappa shape index (κ1) is 19.4. The number of ether oxygens (including phenoxy) is 2. The van der Waals surface area contributed by atoms with Crippen LogP contribution in [0.3, 0.4) is 0 Å². The summed E-state index contributed by atoms with van der Waals surface area (Å²) in [5, 5.41) is 0.676. The van der Waals surface area contributed by atoms with Crippen LogP contribution >= 0.6 is 15.9 Å². The summed E-state index contributed by atoms with van der Waals surface area (Å²) in [6, 6.07) is 11.0. The lowest BCUT2D eigenvalue weighted by atomic mass is 10.1. The Morgan fingerprint density at radius 3 is 2.59 bits per heavy atom. The number of benzene rings is 2. The molecule has 0 bridgehead atoms. The highest BCUT2D eigenvalue weighted by atomic mass is 79.9. The van der Waals surface area contributed by atoms with Crippen molar-refractivity contribution < 1.29 is 13.9 Å². The third-order valence-corrected chi connectivity index (χ3v) is 4.88. The highest BCUT2D eigenvalue weighted by Crippen LogP contribution is 2.27. The van der Waals surface area contributed by atoms with E-state index in [4.69, 9.17) is 9.47 Å². The van der Waals surface area contributed by atoms with Gasteiger partial charge in [-0.25, -0.2) is 4.39 Å². The van der Waals surface area contributed by atoms with Crippen LogP contribution in [-0.2, 0) is 13.1 Å². The standard InChI is InChI=1S/C20H20BrFN2O3/c1-24(10-12-4-6-14(26-2)9-18(12)27-3)11-16-15-8-13(21)5-7-17(15)23-20(25)19(16)22/h4-9H,10-11H2,1-3H3,(H,23,25). The zero-order chi connectivity index (χ0) is 19.6. The van der Waals surface area contributed by atoms with Gasteiger partial charge in [-0.15, -0.1) is 0 Å². The van der Waals surface area contributed by atoms with Crippen LogP contribution in [-0.4, -0.2) is 31.2 Å². The number of methoxy groups -OCH3 is 2. The molecule has 27 heavy (non-hydrogen) atoms. The lowest BCUT2D eigenvalue weighted by molar-refractivity contribution is 0.305. The molecule has 7 heteroatoms. The van der Waals surface area contributed by atoms with Crippen LogP contribution in [0.25, 0.3) is 10.9 Å². The molecule has 1 heterocycles. The van der Waals surface area contributed by atoms with Gasteiger partial charge < -0.3 is 14.5 Å². The van der Waals surface area contributed by atoms with Crippen molar-refractivity contribution in [1.29, 1.82) is 0 Å². The van der Waals surface area contributed by atoms with Gasteiger partial charge in [-0.2, -0.15) is 0 Å². The van der Waals surface area contributed by atoms with Crippen LogP contribution in [0.1, 0.15) is 11.1 Å². The summed E-state index contributed by atoms with van der Waals surface area (Å²) >= 11 is 3.41. The Morgan fingerprint density at radius 1 is 1.11 bits per heavy atom. The number of aromatic nitrogens is 1. The van der Waals surface area contributed by atoms with Crippen LogP contribution in [0.2, 0.25) is 0 Å². The van der Waals surface area contributed by atoms with Gasteiger partial charge in [0.05, 0.1) is 14.2 Å². The number of hydrogen-bond acceptors (Lipinski definition) is 4. The van der Waals surface area contributed by atoms with E-state index in [1.807, 2.05) is 42.3 Å². The summed E-state index contributed by atoms with van der Waals surface area (Å²) in [5.41, 5.74) is 1.20. The molecule has 2 aromatic carbocycles. The minimum atomic E-state index is -0.755. The van der Waals surface area contributed by atoms with Gasteiger partial charge in [0, 0.05) is 45.7 Å². The van der Waals surface area contributed by atoms with Crippen LogP contribution in [0.15, 0.2) is 45.7 Å². The lowest BCUT2D eigenvalue weighted by Crippen LogP contribution is -2.22. The molecular formula is C20H20BrFN2O3. The smallest absolute Gasteiger partial charge is 0.284 e. The molecule has 0 spiro atoms. The predicted molar refractivity (Wildman–Crippen MR) is 107 cm³/mol. The fourth-order valence-corrected chi connectivity index (χ4v) is 3.42. The first-order chi connectivity index (χ1) is 12.9. The van der Waals surface area contributed by atoms with E-state index in [9.17, 15) is 9.18 Å². The summed E-state index contributed by atoms with van der Waals surface area (Å²) in [4.78, 5) is 16.5. The Labute approximate surface area is 164 Å². The van der Waals surface area contributed by atoms with E-state index in [0.717, 1.165) is 10.0 Å². The Bertz CT molecular complexity index is 1040. The zero-order valence-electron chi connectivity index (χ0n) is 15.3. The Hall–Kier alpha value is -2.38. The Balaban J connectivity index is 1.93. The molecule has 0 aliphatic rings. The molecule has 142 valence electrons. The van der Waals surface area contributed by atoms with Crippen molar-refractivity contribution in [3.05, 3.63) is 68.2 Å². The van der Waals surface area contributed by atoms with Crippen molar-refractivity contribution in [3.8, 4) is 11.5 Å². The number of hydrogen-bond donors (Lipinski definition) is 1. The van der Waals surface area contributed by atoms with Crippen molar-refractivity contribution in [2.24, 2.45) is 0 Å². The SMILES string of the molecule is COc1ccc(CN(C)Cc2c(F)c(=O)[nH]c3ccc(Br)cc23)c(OC)c1. The second-order valence-corrected chi connectivity index (χ2v) is 7.20. The van der Waals surface area contributed by atoms with Gasteiger partial charge in [0.2, 0.25) is 0 Å². The van der Waals surface area contributed by atoms with Crippen molar-refractivity contribution >= 4 is 26.8 Å². The molecule has 1 aromatic heterocycles. The van der Waals surface area contributed by atoms with Gasteiger partial charge in [0.25, 0.3) is 5.56 Å². The van der Waals surface area contributed by atoms with Gasteiger partial charge in [-0.1, -0.05) is 22.0 Å². The van der Waals surface area contributed by atoms with E-state index in [-0.39, 0.29) is 6.54 Å². The van der Waals surface area contributed by atoms with Gasteiger partial charge in [0.15, 0.2) is 5.82 Å². The van der Waals surface area contributed by atoms with E-state index in [2.05, 4.69) is 20.9 Å². The number of H-pyrrole nitrogens is 1. The van der Waals surface area contributed by atoms with Crippen LogP contribution < -0.4 is 15.0 Å². The molecular weight excluding hydrogens is 415 g/mol. The van der Waals surface area contributed by atoms with E-state index in [1.54, 1.807) is 20.3 Å². The van der Waals surface area contributed by atoms with Crippen LogP contribution in [0.5, 0.6) is 11.5 Å². The van der Waals surface area contributed by atoms with Gasteiger partial charge in [-0.3, -0.25) is 9.69 Å². The number of nitrogens with zero attached hydrogens (tertiary/aromatic N) is 1. The summed E-state index contributed by atoms with van der Waals surface area (Å²) in [7, 11) is 5.06. The number of aromatic amines is 1. The van der Waals surface area contributed by atoms with Crippen molar-refractivity contribution in [2.75, 3.05) is 21.3 Å². The average molecular weight is 435 g/mol. The summed E-state index contributed by atoms with van der Waals surface area (Å²) in [6.07, 6.45) is 0. The molecule has 3 aromatic rings. The van der Waals surface area contributed by atoms with Crippen LogP contribution in [0.4, 0.5) is 4.39 Å². The number of pyridine rings is 1. The molecule has 0 radical (unpaired) electrons. The molecule has 0 saturated carbocycles. The number of halogens is 2. The molecule has 0 saturated heterocycles. The number of nitrogens with one attached hydrogen (secondary N) is 1. The van der Waals surface area contributed by atoms with Crippen molar-refractivity contribution in [3.63, 3.8) is 0 Å². The Kier molecular flexibility index (Phi) is 5.82. The average Bonchev–Trinajstić information content (AvgIpc) is 2.66. The molecule has 0 fully saturated rings. The first-order valence-electron chi connectivity index (χ1n) is 8.32. The third-order valence-electron chi connectivity index (χ3n) is 4.38. The fourth-order valence-electron chi connectivity index (χ4n) is 3.06. The summed E-state index contributed by atoms with van der Waals surface area (Å²) in [5.74, 6) is 0.643. The summed E-state index contributed by atoms with van der Waals surface area (Å²) < 4.78 is 26.0. The normalized spacial score (nSPS) is 11.2. The highest BCUT2D eigenvalue weighted by Gasteiger charge is 2.16. The fraction of sp³-hybridized carbons (Fsp3) is 0.250. The number of fused-ring (bicyclic) bond motifs is 1. The van der Waals surface area contributed by atoms with Crippen molar-refractivity contribution in [1.82, 2.24) is 9.88 Å². The molecule has 5 nitrogen and oxygen atoms in total. The zero-order valence-corrected chi connectivity index (χ0v) is 16.9. The maximum Gasteiger partial charge on any atom is 0.284 e. The quantitative estimate of drug-likeness (QED) is 0.634. The molecule has 3 rings (SSSR count). The topological polar surface area (TPSA) is 54.6 Å². The van der Waals surface area contributed by atoms with E-state index < -0.39 is 11.4 Å². The van der Waals surface area contributed by atoms with Gasteiger partial charge in [-0.05, 0) is 31.3 Å². The second-order valence-electron chi connectivity index (χ2n) is 6.29. The van der Waals surface area contributed by atoms with Gasteiger partial charge >= 0.3 is 0 Å². The van der Waals surface area contributed by atoms with E-state index >= 15 is 0 Å². The van der Waals surface area contributed by atoms with E-state index in [1.165, 1.54) is 0 Å². The van der Waals surface area contributed by atoms with Gasteiger partial charge in [0.1, 0.15) is 11.5 Å². The predicted octanol–water partition coefficient (Wildman–Crippen LogP) is 4.08.